The molecule has 0 aliphatic rings. The molecule has 0 amide bonds. The SMILES string of the molecule is C=CO.CC(O)C(O)(O)O. The number of rotatable bonds is 1. The van der Waals surface area contributed by atoms with Crippen LogP contribution in [0.1, 0.15) is 6.92 Å². The van der Waals surface area contributed by atoms with Gasteiger partial charge in [-0.2, -0.15) is 0 Å². The summed E-state index contributed by atoms with van der Waals surface area (Å²) in [6.07, 6.45) is -0.785. The number of hydrogen-bond acceptors (Lipinski definition) is 5. The molecular formula is C5H12O5. The summed E-state index contributed by atoms with van der Waals surface area (Å²) in [5, 5.41) is 39.3. The molecule has 5 heteroatoms. The first-order valence-electron chi connectivity index (χ1n) is 2.46. The smallest absolute Gasteiger partial charge is 0.302 e. The zero-order valence-corrected chi connectivity index (χ0v) is 5.60. The molecule has 0 saturated carbocycles. The largest absolute Gasteiger partial charge is 0.516 e. The third kappa shape index (κ3) is 10.4. The highest BCUT2D eigenvalue weighted by Crippen LogP contribution is 1.97. The van der Waals surface area contributed by atoms with E-state index in [1.54, 1.807) is 0 Å². The van der Waals surface area contributed by atoms with Crippen molar-refractivity contribution in [2.24, 2.45) is 0 Å². The van der Waals surface area contributed by atoms with Crippen LogP contribution in [0, 0.1) is 0 Å². The predicted molar refractivity (Wildman–Crippen MR) is 33.9 cm³/mol. The summed E-state index contributed by atoms with van der Waals surface area (Å²) in [6.45, 7) is 3.97. The van der Waals surface area contributed by atoms with E-state index in [4.69, 9.17) is 25.5 Å². The molecule has 5 N–H and O–H groups in total. The van der Waals surface area contributed by atoms with Gasteiger partial charge in [-0.25, -0.2) is 0 Å². The maximum atomic E-state index is 8.14. The molecule has 0 bridgehead atoms. The van der Waals surface area contributed by atoms with Crippen LogP contribution in [0.4, 0.5) is 0 Å². The molecule has 0 fully saturated rings. The number of aliphatic hydroxyl groups excluding tert-OH is 2. The van der Waals surface area contributed by atoms with Gasteiger partial charge in [0.2, 0.25) is 0 Å². The van der Waals surface area contributed by atoms with Gasteiger partial charge < -0.3 is 25.5 Å². The summed E-state index contributed by atoms with van der Waals surface area (Å²) in [5.74, 6) is -2.94. The van der Waals surface area contributed by atoms with Gasteiger partial charge in [0.15, 0.2) is 0 Å². The molecule has 0 spiro atoms. The fourth-order valence-electron chi connectivity index (χ4n) is 0. The maximum absolute atomic E-state index is 8.14. The van der Waals surface area contributed by atoms with E-state index in [0.717, 1.165) is 13.2 Å². The van der Waals surface area contributed by atoms with E-state index in [-0.39, 0.29) is 0 Å². The normalized spacial score (nSPS) is 12.9. The Morgan fingerprint density at radius 2 is 1.50 bits per heavy atom. The van der Waals surface area contributed by atoms with Gasteiger partial charge in [0.25, 0.3) is 0 Å². The summed E-state index contributed by atoms with van der Waals surface area (Å²) in [5.41, 5.74) is 0. The molecule has 10 heavy (non-hydrogen) atoms. The molecule has 1 unspecified atom stereocenters. The van der Waals surface area contributed by atoms with Crippen LogP contribution in [-0.2, 0) is 0 Å². The van der Waals surface area contributed by atoms with Crippen LogP contribution in [-0.4, -0.2) is 37.6 Å². The molecular weight excluding hydrogens is 140 g/mol. The lowest BCUT2D eigenvalue weighted by atomic mass is 10.3. The third-order valence-corrected chi connectivity index (χ3v) is 0.561. The van der Waals surface area contributed by atoms with Crippen molar-refractivity contribution < 1.29 is 25.5 Å². The Morgan fingerprint density at radius 1 is 1.40 bits per heavy atom. The topological polar surface area (TPSA) is 101 Å². The van der Waals surface area contributed by atoms with E-state index in [9.17, 15) is 0 Å². The van der Waals surface area contributed by atoms with E-state index in [2.05, 4.69) is 6.58 Å². The van der Waals surface area contributed by atoms with Crippen molar-refractivity contribution in [3.05, 3.63) is 12.8 Å². The van der Waals surface area contributed by atoms with Gasteiger partial charge >= 0.3 is 5.97 Å². The van der Waals surface area contributed by atoms with Crippen molar-refractivity contribution in [3.8, 4) is 0 Å². The molecule has 0 aromatic heterocycles. The van der Waals surface area contributed by atoms with Crippen molar-refractivity contribution in [1.29, 1.82) is 0 Å². The first-order chi connectivity index (χ1) is 4.36. The van der Waals surface area contributed by atoms with Gasteiger partial charge in [0.05, 0.1) is 6.26 Å². The average molecular weight is 152 g/mol. The summed E-state index contributed by atoms with van der Waals surface area (Å²) < 4.78 is 0. The lowest BCUT2D eigenvalue weighted by molar-refractivity contribution is -0.351. The summed E-state index contributed by atoms with van der Waals surface area (Å²) >= 11 is 0. The highest BCUT2D eigenvalue weighted by atomic mass is 16.7. The minimum absolute atomic E-state index is 0.750. The van der Waals surface area contributed by atoms with Gasteiger partial charge in [0, 0.05) is 0 Å². The quantitative estimate of drug-likeness (QED) is 0.237. The van der Waals surface area contributed by atoms with E-state index >= 15 is 0 Å². The summed E-state index contributed by atoms with van der Waals surface area (Å²) in [4.78, 5) is 0. The van der Waals surface area contributed by atoms with Crippen molar-refractivity contribution in [3.63, 3.8) is 0 Å². The Hall–Kier alpha value is -0.620. The second-order valence-electron chi connectivity index (χ2n) is 1.55. The fourth-order valence-corrected chi connectivity index (χ4v) is 0. The first kappa shape index (κ1) is 12.1. The molecule has 0 rings (SSSR count). The molecule has 0 aliphatic carbocycles. The van der Waals surface area contributed by atoms with Crippen molar-refractivity contribution in [2.45, 2.75) is 19.0 Å². The molecule has 0 heterocycles. The maximum Gasteiger partial charge on any atom is 0.302 e. The van der Waals surface area contributed by atoms with E-state index < -0.39 is 12.1 Å². The molecule has 0 saturated heterocycles. The van der Waals surface area contributed by atoms with Crippen LogP contribution in [0.15, 0.2) is 12.8 Å². The Labute approximate surface area is 58.5 Å². The summed E-state index contributed by atoms with van der Waals surface area (Å²) in [7, 11) is 0. The number of aliphatic hydroxyl groups is 5. The van der Waals surface area contributed by atoms with E-state index in [1.165, 1.54) is 0 Å². The first-order valence-corrected chi connectivity index (χ1v) is 2.46. The molecule has 0 aromatic rings. The standard InChI is InChI=1S/C3H8O4.C2H4O/c1-2(4)3(5,6)7;1-2-3/h2,4-7H,1H3;2-3H,1H2. The second-order valence-corrected chi connectivity index (χ2v) is 1.55. The molecule has 62 valence electrons. The van der Waals surface area contributed by atoms with Gasteiger partial charge in [0.1, 0.15) is 6.10 Å². The van der Waals surface area contributed by atoms with Crippen molar-refractivity contribution in [2.75, 3.05) is 0 Å². The predicted octanol–water partition coefficient (Wildman–Crippen LogP) is -1.31. The Balaban J connectivity index is 0. The van der Waals surface area contributed by atoms with Crippen molar-refractivity contribution >= 4 is 0 Å². The molecule has 0 aromatic carbocycles. The zero-order valence-electron chi connectivity index (χ0n) is 5.60. The van der Waals surface area contributed by atoms with Gasteiger partial charge in [-0.1, -0.05) is 6.58 Å². The lowest BCUT2D eigenvalue weighted by Gasteiger charge is -2.15. The second kappa shape index (κ2) is 5.19. The Morgan fingerprint density at radius 3 is 1.50 bits per heavy atom. The average Bonchev–Trinajstić information content (AvgIpc) is 1.64. The van der Waals surface area contributed by atoms with Crippen LogP contribution < -0.4 is 0 Å². The Bertz CT molecular complexity index is 82.5. The molecule has 0 radical (unpaired) electrons. The minimum atomic E-state index is -2.94. The van der Waals surface area contributed by atoms with Crippen LogP contribution in [0.5, 0.6) is 0 Å². The molecule has 5 nitrogen and oxygen atoms in total. The molecule has 1 atom stereocenters. The van der Waals surface area contributed by atoms with Gasteiger partial charge in [-0.15, -0.1) is 0 Å². The number of hydrogen-bond donors (Lipinski definition) is 5. The Kier molecular flexibility index (Phi) is 6.27. The molecule has 0 aliphatic heterocycles. The third-order valence-electron chi connectivity index (χ3n) is 0.561. The highest BCUT2D eigenvalue weighted by molar-refractivity contribution is 4.52. The van der Waals surface area contributed by atoms with Crippen LogP contribution in [0.2, 0.25) is 0 Å². The van der Waals surface area contributed by atoms with Crippen LogP contribution >= 0.6 is 0 Å². The van der Waals surface area contributed by atoms with Gasteiger partial charge in [-0.05, 0) is 6.92 Å². The van der Waals surface area contributed by atoms with Crippen molar-refractivity contribution in [1.82, 2.24) is 0 Å². The van der Waals surface area contributed by atoms with Crippen LogP contribution in [0.25, 0.3) is 0 Å². The monoisotopic (exact) mass is 152 g/mol. The summed E-state index contributed by atoms with van der Waals surface area (Å²) in [6, 6.07) is 0. The van der Waals surface area contributed by atoms with E-state index in [0.29, 0.717) is 0 Å². The highest BCUT2D eigenvalue weighted by Gasteiger charge is 2.24. The van der Waals surface area contributed by atoms with Gasteiger partial charge in [-0.3, -0.25) is 0 Å². The fraction of sp³-hybridized carbons (Fsp3) is 0.600. The minimum Gasteiger partial charge on any atom is -0.516 e. The van der Waals surface area contributed by atoms with E-state index in [1.807, 2.05) is 0 Å². The zero-order chi connectivity index (χ0) is 8.78. The van der Waals surface area contributed by atoms with Crippen LogP contribution in [0.3, 0.4) is 0 Å². The lowest BCUT2D eigenvalue weighted by Crippen LogP contribution is -2.39.